The summed E-state index contributed by atoms with van der Waals surface area (Å²) in [5.74, 6) is 1.11. The van der Waals surface area contributed by atoms with Crippen LogP contribution in [0.5, 0.6) is 11.5 Å². The maximum atomic E-state index is 12.7. The van der Waals surface area contributed by atoms with Crippen molar-refractivity contribution in [2.24, 2.45) is 0 Å². The monoisotopic (exact) mass is 320 g/mol. The fraction of sp³-hybridized carbons (Fsp3) is 0.190. The number of benzene rings is 2. The van der Waals surface area contributed by atoms with Gasteiger partial charge in [-0.1, -0.05) is 24.3 Å². The van der Waals surface area contributed by atoms with Crippen LogP contribution in [0.2, 0.25) is 0 Å². The van der Waals surface area contributed by atoms with Gasteiger partial charge in [0.2, 0.25) is 0 Å². The molecule has 2 aromatic rings. The van der Waals surface area contributed by atoms with E-state index < -0.39 is 0 Å². The number of Topliss-reactive ketones (excluding diaryl/α,β-unsaturated/α-hetero) is 1. The largest absolute Gasteiger partial charge is 0.508 e. The van der Waals surface area contributed by atoms with Gasteiger partial charge in [0.1, 0.15) is 11.5 Å². The lowest BCUT2D eigenvalue weighted by atomic mass is 9.87. The standard InChI is InChI=1S/C21H20O3/c1-24-20-10-8-15(9-11-20)12-17-5-3-6-18(21(17)23)13-16-4-2-7-19(22)14-16/h2,4,7-14,22H,3,5-6H2,1H3. The molecule has 0 saturated heterocycles. The van der Waals surface area contributed by atoms with Gasteiger partial charge in [-0.3, -0.25) is 4.79 Å². The number of carbonyl (C=O) groups is 1. The second-order valence-corrected chi connectivity index (χ2v) is 5.89. The maximum absolute atomic E-state index is 12.7. The van der Waals surface area contributed by atoms with E-state index in [0.29, 0.717) is 0 Å². The summed E-state index contributed by atoms with van der Waals surface area (Å²) >= 11 is 0. The highest BCUT2D eigenvalue weighted by molar-refractivity contribution is 6.13. The van der Waals surface area contributed by atoms with Gasteiger partial charge in [-0.05, 0) is 66.8 Å². The Morgan fingerprint density at radius 3 is 2.25 bits per heavy atom. The van der Waals surface area contributed by atoms with Gasteiger partial charge in [-0.2, -0.15) is 0 Å². The van der Waals surface area contributed by atoms with E-state index in [0.717, 1.165) is 47.3 Å². The first-order valence-corrected chi connectivity index (χ1v) is 8.04. The number of carbonyl (C=O) groups excluding carboxylic acids is 1. The van der Waals surface area contributed by atoms with Crippen LogP contribution in [-0.4, -0.2) is 18.0 Å². The van der Waals surface area contributed by atoms with Gasteiger partial charge >= 0.3 is 0 Å². The Kier molecular flexibility index (Phi) is 4.80. The molecule has 3 rings (SSSR count). The molecule has 0 amide bonds. The summed E-state index contributed by atoms with van der Waals surface area (Å²) in [6.07, 6.45) is 6.36. The minimum absolute atomic E-state index is 0.0976. The zero-order valence-corrected chi connectivity index (χ0v) is 13.7. The number of hydrogen-bond acceptors (Lipinski definition) is 3. The van der Waals surface area contributed by atoms with Crippen LogP contribution in [0.3, 0.4) is 0 Å². The van der Waals surface area contributed by atoms with Crippen LogP contribution in [0.1, 0.15) is 30.4 Å². The van der Waals surface area contributed by atoms with E-state index in [1.807, 2.05) is 42.5 Å². The first kappa shape index (κ1) is 16.1. The van der Waals surface area contributed by atoms with Crippen LogP contribution >= 0.6 is 0 Å². The van der Waals surface area contributed by atoms with Crippen LogP contribution in [0, 0.1) is 0 Å². The number of aromatic hydroxyl groups is 1. The fourth-order valence-corrected chi connectivity index (χ4v) is 2.90. The van der Waals surface area contributed by atoms with Crippen LogP contribution in [-0.2, 0) is 4.79 Å². The number of methoxy groups -OCH3 is 1. The van der Waals surface area contributed by atoms with Crippen molar-refractivity contribution in [2.75, 3.05) is 7.11 Å². The van der Waals surface area contributed by atoms with Gasteiger partial charge in [0, 0.05) is 11.1 Å². The maximum Gasteiger partial charge on any atom is 0.185 e. The molecule has 3 nitrogen and oxygen atoms in total. The lowest BCUT2D eigenvalue weighted by molar-refractivity contribution is -0.112. The van der Waals surface area contributed by atoms with Crippen LogP contribution < -0.4 is 4.74 Å². The molecule has 0 bridgehead atoms. The minimum Gasteiger partial charge on any atom is -0.508 e. The van der Waals surface area contributed by atoms with E-state index in [4.69, 9.17) is 4.74 Å². The third kappa shape index (κ3) is 3.74. The number of ether oxygens (including phenoxy) is 1. The Labute approximate surface area is 141 Å². The summed E-state index contributed by atoms with van der Waals surface area (Å²) in [5.41, 5.74) is 3.48. The highest BCUT2D eigenvalue weighted by Gasteiger charge is 2.20. The summed E-state index contributed by atoms with van der Waals surface area (Å²) in [6.45, 7) is 0. The highest BCUT2D eigenvalue weighted by atomic mass is 16.5. The van der Waals surface area contributed by atoms with E-state index >= 15 is 0 Å². The van der Waals surface area contributed by atoms with Gasteiger partial charge in [0.05, 0.1) is 7.11 Å². The highest BCUT2D eigenvalue weighted by Crippen LogP contribution is 2.28. The first-order chi connectivity index (χ1) is 11.7. The molecule has 2 aromatic carbocycles. The van der Waals surface area contributed by atoms with Gasteiger partial charge in [-0.15, -0.1) is 0 Å². The Bertz CT molecular complexity index is 798. The summed E-state index contributed by atoms with van der Waals surface area (Å²) < 4.78 is 5.16. The predicted octanol–water partition coefficient (Wildman–Crippen LogP) is 4.62. The van der Waals surface area contributed by atoms with Crippen LogP contribution in [0.4, 0.5) is 0 Å². The number of ketones is 1. The van der Waals surface area contributed by atoms with Crippen molar-refractivity contribution in [2.45, 2.75) is 19.3 Å². The fourth-order valence-electron chi connectivity index (χ4n) is 2.90. The average molecular weight is 320 g/mol. The summed E-state index contributed by atoms with van der Waals surface area (Å²) in [4.78, 5) is 12.7. The van der Waals surface area contributed by atoms with Crippen molar-refractivity contribution in [3.05, 3.63) is 70.8 Å². The lowest BCUT2D eigenvalue weighted by Gasteiger charge is -2.16. The van der Waals surface area contributed by atoms with E-state index in [2.05, 4.69) is 0 Å². The van der Waals surface area contributed by atoms with Gasteiger partial charge < -0.3 is 9.84 Å². The van der Waals surface area contributed by atoms with Gasteiger partial charge in [0.15, 0.2) is 5.78 Å². The number of hydrogen-bond donors (Lipinski definition) is 1. The molecular weight excluding hydrogens is 300 g/mol. The van der Waals surface area contributed by atoms with Crippen molar-refractivity contribution < 1.29 is 14.6 Å². The van der Waals surface area contributed by atoms with Gasteiger partial charge in [-0.25, -0.2) is 0 Å². The van der Waals surface area contributed by atoms with Gasteiger partial charge in [0.25, 0.3) is 0 Å². The molecule has 122 valence electrons. The van der Waals surface area contributed by atoms with Crippen LogP contribution in [0.15, 0.2) is 59.7 Å². The first-order valence-electron chi connectivity index (χ1n) is 8.04. The van der Waals surface area contributed by atoms with E-state index in [1.54, 1.807) is 25.3 Å². The molecular formula is C21H20O3. The van der Waals surface area contributed by atoms with Crippen molar-refractivity contribution in [1.29, 1.82) is 0 Å². The lowest BCUT2D eigenvalue weighted by Crippen LogP contribution is -2.12. The second kappa shape index (κ2) is 7.18. The molecule has 1 saturated carbocycles. The SMILES string of the molecule is COc1ccc(C=C2CCCC(=Cc3cccc(O)c3)C2=O)cc1. The molecule has 3 heteroatoms. The number of phenolic OH excluding ortho intramolecular Hbond substituents is 1. The van der Waals surface area contributed by atoms with Crippen molar-refractivity contribution in [3.8, 4) is 11.5 Å². The Balaban J connectivity index is 1.85. The van der Waals surface area contributed by atoms with Crippen molar-refractivity contribution >= 4 is 17.9 Å². The van der Waals surface area contributed by atoms with E-state index in [9.17, 15) is 9.90 Å². The molecule has 0 heterocycles. The third-order valence-corrected chi connectivity index (χ3v) is 4.14. The normalized spacial score (nSPS) is 18.1. The molecule has 1 N–H and O–H groups in total. The molecule has 1 aliphatic carbocycles. The Hall–Kier alpha value is -2.81. The zero-order chi connectivity index (χ0) is 16.9. The van der Waals surface area contributed by atoms with Crippen molar-refractivity contribution in [3.63, 3.8) is 0 Å². The Morgan fingerprint density at radius 2 is 1.62 bits per heavy atom. The molecule has 1 fully saturated rings. The molecule has 0 aliphatic heterocycles. The topological polar surface area (TPSA) is 46.5 Å². The number of rotatable bonds is 3. The number of phenols is 1. The molecule has 1 aliphatic rings. The molecule has 0 unspecified atom stereocenters. The van der Waals surface area contributed by atoms with E-state index in [1.165, 1.54) is 0 Å². The predicted molar refractivity (Wildman–Crippen MR) is 95.9 cm³/mol. The second-order valence-electron chi connectivity index (χ2n) is 5.89. The van der Waals surface area contributed by atoms with Crippen molar-refractivity contribution in [1.82, 2.24) is 0 Å². The molecule has 24 heavy (non-hydrogen) atoms. The zero-order valence-electron chi connectivity index (χ0n) is 13.7. The number of allylic oxidation sites excluding steroid dienone is 2. The smallest absolute Gasteiger partial charge is 0.185 e. The molecule has 0 radical (unpaired) electrons. The average Bonchev–Trinajstić information content (AvgIpc) is 2.59. The Morgan fingerprint density at radius 1 is 0.958 bits per heavy atom. The summed E-state index contributed by atoms with van der Waals surface area (Å²) in [5, 5.41) is 9.56. The van der Waals surface area contributed by atoms with E-state index in [-0.39, 0.29) is 11.5 Å². The van der Waals surface area contributed by atoms with Crippen LogP contribution in [0.25, 0.3) is 12.2 Å². The third-order valence-electron chi connectivity index (χ3n) is 4.14. The minimum atomic E-state index is 0.0976. The summed E-state index contributed by atoms with van der Waals surface area (Å²) in [6, 6.07) is 14.6. The quantitative estimate of drug-likeness (QED) is 0.839. The summed E-state index contributed by atoms with van der Waals surface area (Å²) in [7, 11) is 1.64. The molecule has 0 atom stereocenters. The molecule has 0 spiro atoms. The molecule has 0 aromatic heterocycles.